The molecule has 4 heterocycles. The lowest BCUT2D eigenvalue weighted by Gasteiger charge is -2.11. The summed E-state index contributed by atoms with van der Waals surface area (Å²) >= 11 is 0. The van der Waals surface area contributed by atoms with Crippen molar-refractivity contribution in [2.45, 2.75) is 13.3 Å². The number of carbonyl (C=O) groups excluding carboxylic acids is 1. The van der Waals surface area contributed by atoms with Crippen molar-refractivity contribution in [3.63, 3.8) is 0 Å². The minimum Gasteiger partial charge on any atom is -0.495 e. The average Bonchev–Trinajstić information content (AvgIpc) is 3.31. The molecule has 0 aliphatic rings. The van der Waals surface area contributed by atoms with Crippen LogP contribution in [0.2, 0.25) is 0 Å². The zero-order valence-corrected chi connectivity index (χ0v) is 18.9. The Morgan fingerprint density at radius 1 is 1.09 bits per heavy atom. The molecule has 0 saturated carbocycles. The van der Waals surface area contributed by atoms with Crippen molar-refractivity contribution in [3.8, 4) is 17.0 Å². The lowest BCUT2D eigenvalue weighted by atomic mass is 10.0. The molecule has 7 nitrogen and oxygen atoms in total. The van der Waals surface area contributed by atoms with Crippen molar-refractivity contribution in [1.29, 1.82) is 0 Å². The number of benzene rings is 1. The molecule has 0 bridgehead atoms. The van der Waals surface area contributed by atoms with Gasteiger partial charge in [0.05, 0.1) is 19.0 Å². The second kappa shape index (κ2) is 9.15. The highest BCUT2D eigenvalue weighted by atomic mass is 16.5. The quantitative estimate of drug-likeness (QED) is 0.397. The average molecular weight is 450 g/mol. The Morgan fingerprint density at radius 3 is 2.62 bits per heavy atom. The van der Waals surface area contributed by atoms with E-state index in [9.17, 15) is 4.79 Å². The van der Waals surface area contributed by atoms with E-state index < -0.39 is 0 Å². The van der Waals surface area contributed by atoms with Crippen LogP contribution in [0, 0.1) is 6.92 Å². The molecule has 1 aromatic carbocycles. The fraction of sp³-hybridized carbons (Fsp3) is 0.111. The highest BCUT2D eigenvalue weighted by Crippen LogP contribution is 2.24. The standard InChI is InChI=1S/C27H23N5O2/c1-18-4-3-13-32-17-24(31-26(18)32)20-5-7-22(8-6-20)30-27(33)25-21(15-23(34-2)16-29-25)14-19-9-11-28-12-10-19/h3-13,15-17H,14H2,1-2H3,(H,30,33). The van der Waals surface area contributed by atoms with Crippen LogP contribution in [0.15, 0.2) is 85.6 Å². The van der Waals surface area contributed by atoms with E-state index in [0.717, 1.165) is 33.6 Å². The molecular formula is C27H23N5O2. The van der Waals surface area contributed by atoms with Crippen molar-refractivity contribution in [3.05, 3.63) is 108 Å². The van der Waals surface area contributed by atoms with Crippen molar-refractivity contribution in [2.75, 3.05) is 12.4 Å². The molecule has 0 fully saturated rings. The predicted octanol–water partition coefficient (Wildman–Crippen LogP) is 4.95. The topological polar surface area (TPSA) is 81.4 Å². The van der Waals surface area contributed by atoms with Crippen LogP contribution >= 0.6 is 0 Å². The Labute approximate surface area is 197 Å². The molecule has 0 atom stereocenters. The van der Waals surface area contributed by atoms with Crippen LogP contribution in [0.1, 0.15) is 27.2 Å². The van der Waals surface area contributed by atoms with Gasteiger partial charge >= 0.3 is 0 Å². The van der Waals surface area contributed by atoms with Gasteiger partial charge in [0, 0.05) is 42.5 Å². The SMILES string of the molecule is COc1cnc(C(=O)Nc2ccc(-c3cn4cccc(C)c4n3)cc2)c(Cc2ccncc2)c1. The summed E-state index contributed by atoms with van der Waals surface area (Å²) in [5, 5.41) is 2.96. The molecule has 0 aliphatic carbocycles. The van der Waals surface area contributed by atoms with Gasteiger partial charge in [0.15, 0.2) is 0 Å². The fourth-order valence-electron chi connectivity index (χ4n) is 3.87. The Kier molecular flexibility index (Phi) is 5.74. The summed E-state index contributed by atoms with van der Waals surface area (Å²) in [5.41, 5.74) is 6.75. The Morgan fingerprint density at radius 2 is 1.88 bits per heavy atom. The summed E-state index contributed by atoms with van der Waals surface area (Å²) in [6, 6.07) is 17.4. The number of hydrogen-bond acceptors (Lipinski definition) is 5. The molecule has 4 aromatic heterocycles. The van der Waals surface area contributed by atoms with Crippen molar-refractivity contribution >= 4 is 17.2 Å². The van der Waals surface area contributed by atoms with E-state index in [1.165, 1.54) is 0 Å². The van der Waals surface area contributed by atoms with Crippen LogP contribution in [0.4, 0.5) is 5.69 Å². The number of imidazole rings is 1. The minimum atomic E-state index is -0.275. The minimum absolute atomic E-state index is 0.275. The third kappa shape index (κ3) is 4.36. The highest BCUT2D eigenvalue weighted by Gasteiger charge is 2.16. The van der Waals surface area contributed by atoms with Crippen molar-refractivity contribution < 1.29 is 9.53 Å². The normalized spacial score (nSPS) is 10.9. The van der Waals surface area contributed by atoms with E-state index in [1.54, 1.807) is 25.7 Å². The van der Waals surface area contributed by atoms with Crippen LogP contribution in [-0.4, -0.2) is 32.4 Å². The monoisotopic (exact) mass is 449 g/mol. The van der Waals surface area contributed by atoms with E-state index >= 15 is 0 Å². The Bertz CT molecular complexity index is 1460. The van der Waals surface area contributed by atoms with Gasteiger partial charge in [0.1, 0.15) is 17.1 Å². The molecule has 34 heavy (non-hydrogen) atoms. The zero-order chi connectivity index (χ0) is 23.5. The summed E-state index contributed by atoms with van der Waals surface area (Å²) in [6.07, 6.45) is 9.55. The van der Waals surface area contributed by atoms with Gasteiger partial charge in [-0.05, 0) is 60.0 Å². The summed E-state index contributed by atoms with van der Waals surface area (Å²) in [4.78, 5) is 26.3. The van der Waals surface area contributed by atoms with E-state index in [1.807, 2.05) is 78.3 Å². The fourth-order valence-corrected chi connectivity index (χ4v) is 3.87. The lowest BCUT2D eigenvalue weighted by Crippen LogP contribution is -2.16. The van der Waals surface area contributed by atoms with Crippen LogP contribution in [0.5, 0.6) is 5.75 Å². The number of nitrogens with zero attached hydrogens (tertiary/aromatic N) is 4. The highest BCUT2D eigenvalue weighted by molar-refractivity contribution is 6.04. The van der Waals surface area contributed by atoms with Gasteiger partial charge in [-0.25, -0.2) is 9.97 Å². The summed E-state index contributed by atoms with van der Waals surface area (Å²) < 4.78 is 7.33. The number of fused-ring (bicyclic) bond motifs is 1. The van der Waals surface area contributed by atoms with E-state index in [2.05, 4.69) is 15.3 Å². The first-order valence-corrected chi connectivity index (χ1v) is 10.9. The number of hydrogen-bond donors (Lipinski definition) is 1. The number of anilines is 1. The number of carbonyl (C=O) groups is 1. The molecule has 0 spiro atoms. The van der Waals surface area contributed by atoms with Crippen molar-refractivity contribution in [1.82, 2.24) is 19.4 Å². The molecule has 1 amide bonds. The van der Waals surface area contributed by atoms with E-state index in [4.69, 9.17) is 9.72 Å². The number of aromatic nitrogens is 4. The second-order valence-electron chi connectivity index (χ2n) is 7.99. The van der Waals surface area contributed by atoms with Gasteiger partial charge in [0.25, 0.3) is 5.91 Å². The van der Waals surface area contributed by atoms with Crippen LogP contribution in [-0.2, 0) is 6.42 Å². The molecular weight excluding hydrogens is 426 g/mol. The molecule has 1 N–H and O–H groups in total. The third-order valence-corrected chi connectivity index (χ3v) is 5.65. The number of aryl methyl sites for hydroxylation is 1. The molecule has 168 valence electrons. The van der Waals surface area contributed by atoms with Gasteiger partial charge in [-0.1, -0.05) is 18.2 Å². The maximum absolute atomic E-state index is 13.1. The van der Waals surface area contributed by atoms with E-state index in [-0.39, 0.29) is 5.91 Å². The number of nitrogens with one attached hydrogen (secondary N) is 1. The summed E-state index contributed by atoms with van der Waals surface area (Å²) in [5.74, 6) is 0.329. The maximum Gasteiger partial charge on any atom is 0.274 e. The summed E-state index contributed by atoms with van der Waals surface area (Å²) in [6.45, 7) is 2.04. The lowest BCUT2D eigenvalue weighted by molar-refractivity contribution is 0.102. The van der Waals surface area contributed by atoms with E-state index in [0.29, 0.717) is 23.6 Å². The molecule has 5 rings (SSSR count). The Balaban J connectivity index is 1.37. The molecule has 7 heteroatoms. The molecule has 0 aliphatic heterocycles. The van der Waals surface area contributed by atoms with Gasteiger partial charge in [-0.15, -0.1) is 0 Å². The molecule has 0 radical (unpaired) electrons. The third-order valence-electron chi connectivity index (χ3n) is 5.65. The number of ether oxygens (including phenoxy) is 1. The van der Waals surface area contributed by atoms with Crippen molar-refractivity contribution in [2.24, 2.45) is 0 Å². The number of pyridine rings is 3. The first-order valence-electron chi connectivity index (χ1n) is 10.9. The molecule has 0 saturated heterocycles. The second-order valence-corrected chi connectivity index (χ2v) is 7.99. The largest absolute Gasteiger partial charge is 0.495 e. The zero-order valence-electron chi connectivity index (χ0n) is 18.9. The predicted molar refractivity (Wildman–Crippen MR) is 131 cm³/mol. The van der Waals surface area contributed by atoms with Gasteiger partial charge in [-0.3, -0.25) is 9.78 Å². The summed E-state index contributed by atoms with van der Waals surface area (Å²) in [7, 11) is 1.58. The Hall–Kier alpha value is -4.52. The first kappa shape index (κ1) is 21.3. The van der Waals surface area contributed by atoms with Gasteiger partial charge in [0.2, 0.25) is 0 Å². The smallest absolute Gasteiger partial charge is 0.274 e. The van der Waals surface area contributed by atoms with Gasteiger partial charge in [-0.2, -0.15) is 0 Å². The van der Waals surface area contributed by atoms with Gasteiger partial charge < -0.3 is 14.5 Å². The van der Waals surface area contributed by atoms with Crippen LogP contribution in [0.25, 0.3) is 16.9 Å². The molecule has 0 unspecified atom stereocenters. The first-order chi connectivity index (χ1) is 16.6. The van der Waals surface area contributed by atoms with Crippen LogP contribution < -0.4 is 10.1 Å². The number of rotatable bonds is 6. The molecule has 5 aromatic rings. The number of amides is 1. The van der Waals surface area contributed by atoms with Crippen LogP contribution in [0.3, 0.4) is 0 Å². The number of methoxy groups -OCH3 is 1. The maximum atomic E-state index is 13.1.